The summed E-state index contributed by atoms with van der Waals surface area (Å²) in [6.45, 7) is 0.669. The van der Waals surface area contributed by atoms with Crippen molar-refractivity contribution in [1.29, 1.82) is 0 Å². The van der Waals surface area contributed by atoms with Crippen molar-refractivity contribution in [3.8, 4) is 5.75 Å². The summed E-state index contributed by atoms with van der Waals surface area (Å²) < 4.78 is 21.2. The molecule has 0 bridgehead atoms. The molecule has 1 aliphatic heterocycles. The van der Waals surface area contributed by atoms with Crippen LogP contribution < -0.4 is 15.4 Å². The molecule has 40 heavy (non-hydrogen) atoms. The number of carbonyl (C=O) groups is 3. The Labute approximate surface area is 228 Å². The van der Waals surface area contributed by atoms with Gasteiger partial charge in [0.15, 0.2) is 0 Å². The Morgan fingerprint density at radius 2 is 1.70 bits per heavy atom. The number of carbonyl (C=O) groups excluding carboxylic acids is 3. The Hall–Kier alpha value is -4.30. The number of rotatable bonds is 8. The third-order valence-corrected chi connectivity index (χ3v) is 6.32. The second kappa shape index (κ2) is 12.3. The summed E-state index contributed by atoms with van der Waals surface area (Å²) in [5.41, 5.74) is 1.79. The highest BCUT2D eigenvalue weighted by molar-refractivity contribution is 6.07. The molecule has 2 aromatic carbocycles. The molecule has 0 unspecified atom stereocenters. The molecule has 212 valence electrons. The predicted octanol–water partition coefficient (Wildman–Crippen LogP) is 0.874. The number of anilines is 2. The first-order valence-corrected chi connectivity index (χ1v) is 12.2. The Morgan fingerprint density at radius 1 is 1.00 bits per heavy atom. The minimum absolute atomic E-state index is 0.133. The fourth-order valence-corrected chi connectivity index (χ4v) is 4.30. The molecule has 0 saturated carbocycles. The molecule has 1 aliphatic rings. The highest BCUT2D eigenvalue weighted by atomic mass is 16.7. The van der Waals surface area contributed by atoms with E-state index >= 15 is 0 Å². The van der Waals surface area contributed by atoms with Gasteiger partial charge in [0.25, 0.3) is 0 Å². The highest BCUT2D eigenvalue weighted by Crippen LogP contribution is 2.32. The Balaban J connectivity index is 1.63. The number of nitrogens with zero attached hydrogens (tertiary/aromatic N) is 1. The van der Waals surface area contributed by atoms with Gasteiger partial charge < -0.3 is 44.9 Å². The van der Waals surface area contributed by atoms with Gasteiger partial charge in [-0.05, 0) is 42.5 Å². The van der Waals surface area contributed by atoms with E-state index in [1.807, 2.05) is 0 Å². The van der Waals surface area contributed by atoms with Crippen LogP contribution in [0.5, 0.6) is 5.75 Å². The number of benzene rings is 2. The van der Waals surface area contributed by atoms with Gasteiger partial charge in [-0.3, -0.25) is 9.78 Å². The maximum atomic E-state index is 12.5. The van der Waals surface area contributed by atoms with Gasteiger partial charge in [-0.2, -0.15) is 0 Å². The molecule has 1 aromatic heterocycles. The zero-order chi connectivity index (χ0) is 29.0. The van der Waals surface area contributed by atoms with Crippen LogP contribution in [0.2, 0.25) is 0 Å². The first-order valence-electron chi connectivity index (χ1n) is 12.2. The van der Waals surface area contributed by atoms with Gasteiger partial charge in [-0.1, -0.05) is 0 Å². The van der Waals surface area contributed by atoms with E-state index < -0.39 is 55.1 Å². The van der Waals surface area contributed by atoms with Crippen molar-refractivity contribution in [3.63, 3.8) is 0 Å². The molecule has 5 N–H and O–H groups in total. The number of nitrogens with one attached hydrogen (secondary N) is 2. The van der Waals surface area contributed by atoms with Crippen molar-refractivity contribution >= 4 is 40.1 Å². The zero-order valence-corrected chi connectivity index (χ0v) is 21.9. The number of hydrogen-bond acceptors (Lipinski definition) is 12. The molecule has 0 radical (unpaired) electrons. The number of hydrogen-bond donors (Lipinski definition) is 5. The lowest BCUT2D eigenvalue weighted by Gasteiger charge is -2.42. The molecule has 0 spiro atoms. The lowest BCUT2D eigenvalue weighted by atomic mass is 9.97. The van der Waals surface area contributed by atoms with Crippen LogP contribution in [0.1, 0.15) is 27.6 Å². The van der Waals surface area contributed by atoms with E-state index in [9.17, 15) is 29.7 Å². The van der Waals surface area contributed by atoms with E-state index in [2.05, 4.69) is 15.6 Å². The minimum Gasteiger partial charge on any atom is -0.465 e. The van der Waals surface area contributed by atoms with Crippen molar-refractivity contribution < 1.29 is 48.7 Å². The lowest BCUT2D eigenvalue weighted by Crippen LogP contribution is -2.65. The van der Waals surface area contributed by atoms with Gasteiger partial charge in [-0.25, -0.2) is 9.59 Å². The van der Waals surface area contributed by atoms with Crippen LogP contribution in [0, 0.1) is 0 Å². The van der Waals surface area contributed by atoms with E-state index in [1.54, 1.807) is 42.5 Å². The summed E-state index contributed by atoms with van der Waals surface area (Å²) in [5.74, 6) is -1.39. The first-order chi connectivity index (χ1) is 19.2. The van der Waals surface area contributed by atoms with Crippen LogP contribution in [0.3, 0.4) is 0 Å². The van der Waals surface area contributed by atoms with Crippen molar-refractivity contribution in [2.45, 2.75) is 37.6 Å². The average Bonchev–Trinajstić information content (AvgIpc) is 2.96. The van der Waals surface area contributed by atoms with Crippen molar-refractivity contribution in [2.24, 2.45) is 0 Å². The van der Waals surface area contributed by atoms with Crippen LogP contribution in [0.4, 0.5) is 11.4 Å². The van der Waals surface area contributed by atoms with Crippen LogP contribution in [0.25, 0.3) is 10.9 Å². The third-order valence-electron chi connectivity index (χ3n) is 6.32. The summed E-state index contributed by atoms with van der Waals surface area (Å²) in [6, 6.07) is 10.1. The van der Waals surface area contributed by atoms with E-state index in [-0.39, 0.29) is 16.9 Å². The number of aliphatic hydroxyl groups is 3. The average molecular weight is 556 g/mol. The largest absolute Gasteiger partial charge is 0.465 e. The normalized spacial score (nSPS) is 22.3. The molecule has 2 heterocycles. The number of fused-ring (bicyclic) bond motifs is 1. The molecule has 1 amide bonds. The SMILES string of the molecule is COC(=O)c1ccc2ncc(C(=O)OC)c(Nc3ccc(O[C@@H]4O[C@@H](CO)[C@@H](O)[C@@H](O)[C@@H]4NC(C)=O)cc3)c2c1. The highest BCUT2D eigenvalue weighted by Gasteiger charge is 2.46. The second-order valence-electron chi connectivity index (χ2n) is 8.96. The third kappa shape index (κ3) is 5.97. The molecule has 1 fully saturated rings. The van der Waals surface area contributed by atoms with Gasteiger partial charge >= 0.3 is 11.9 Å². The van der Waals surface area contributed by atoms with Crippen LogP contribution in [-0.4, -0.2) is 89.6 Å². The molecule has 0 aliphatic carbocycles. The van der Waals surface area contributed by atoms with Crippen molar-refractivity contribution in [3.05, 3.63) is 59.8 Å². The maximum absolute atomic E-state index is 12.5. The Morgan fingerprint density at radius 3 is 2.33 bits per heavy atom. The Bertz CT molecular complexity index is 1390. The topological polar surface area (TPSA) is 186 Å². The first kappa shape index (κ1) is 28.7. The number of pyridine rings is 1. The predicted molar refractivity (Wildman–Crippen MR) is 140 cm³/mol. The number of methoxy groups -OCH3 is 2. The molecular formula is C27H29N3O10. The van der Waals surface area contributed by atoms with Gasteiger partial charge in [0.05, 0.1) is 37.6 Å². The fourth-order valence-electron chi connectivity index (χ4n) is 4.30. The van der Waals surface area contributed by atoms with Gasteiger partial charge in [0, 0.05) is 24.2 Å². The van der Waals surface area contributed by atoms with E-state index in [0.29, 0.717) is 22.3 Å². The summed E-state index contributed by atoms with van der Waals surface area (Å²) in [7, 11) is 2.51. The number of aliphatic hydroxyl groups excluding tert-OH is 3. The molecule has 1 saturated heterocycles. The summed E-state index contributed by atoms with van der Waals surface area (Å²) in [6.07, 6.45) is -3.87. The van der Waals surface area contributed by atoms with Crippen LogP contribution in [0.15, 0.2) is 48.7 Å². The lowest BCUT2D eigenvalue weighted by molar-refractivity contribution is -0.244. The van der Waals surface area contributed by atoms with E-state index in [1.165, 1.54) is 27.3 Å². The van der Waals surface area contributed by atoms with E-state index in [4.69, 9.17) is 18.9 Å². The van der Waals surface area contributed by atoms with Gasteiger partial charge in [-0.15, -0.1) is 0 Å². The Kier molecular flexibility index (Phi) is 8.80. The monoisotopic (exact) mass is 555 g/mol. The second-order valence-corrected chi connectivity index (χ2v) is 8.96. The molecule has 13 heteroatoms. The maximum Gasteiger partial charge on any atom is 0.341 e. The minimum atomic E-state index is -1.45. The smallest absolute Gasteiger partial charge is 0.341 e. The molecule has 13 nitrogen and oxygen atoms in total. The summed E-state index contributed by atoms with van der Waals surface area (Å²) in [4.78, 5) is 40.6. The number of ether oxygens (including phenoxy) is 4. The summed E-state index contributed by atoms with van der Waals surface area (Å²) >= 11 is 0. The molecular weight excluding hydrogens is 526 g/mol. The summed E-state index contributed by atoms with van der Waals surface area (Å²) in [5, 5.41) is 36.3. The van der Waals surface area contributed by atoms with Crippen molar-refractivity contribution in [1.82, 2.24) is 10.3 Å². The van der Waals surface area contributed by atoms with E-state index in [0.717, 1.165) is 0 Å². The van der Waals surface area contributed by atoms with Gasteiger partial charge in [0.2, 0.25) is 12.2 Å². The molecule has 4 rings (SSSR count). The van der Waals surface area contributed by atoms with Crippen molar-refractivity contribution in [2.75, 3.05) is 26.1 Å². The van der Waals surface area contributed by atoms with Crippen LogP contribution in [-0.2, 0) is 19.0 Å². The number of aromatic nitrogens is 1. The number of amides is 1. The molecule has 5 atom stereocenters. The standard InChI is InChI=1S/C27H29N3O10/c1-13(32)29-22-24(34)23(33)20(12-31)40-27(22)39-16-7-5-15(6-8-16)30-21-17-10-14(25(35)37-2)4-9-19(17)28-11-18(21)26(36)38-3/h4-11,20,22-24,27,31,33-34H,12H2,1-3H3,(H,28,30)(H,29,32)/t20-,22-,23+,24-,27+/m0/s1. The zero-order valence-electron chi connectivity index (χ0n) is 21.9. The quantitative estimate of drug-likeness (QED) is 0.247. The van der Waals surface area contributed by atoms with Gasteiger partial charge in [0.1, 0.15) is 35.7 Å². The van der Waals surface area contributed by atoms with Crippen LogP contribution >= 0.6 is 0 Å². The molecule has 3 aromatic rings. The fraction of sp³-hybridized carbons (Fsp3) is 0.333. The number of esters is 2.